The Hall–Kier alpha value is -3.35. The topological polar surface area (TPSA) is 67.9 Å². The van der Waals surface area contributed by atoms with Gasteiger partial charge in [-0.05, 0) is 23.3 Å². The molecule has 3 rings (SSSR count). The maximum atomic E-state index is 13.4. The van der Waals surface area contributed by atoms with Gasteiger partial charge in [-0.15, -0.1) is 0 Å². The van der Waals surface area contributed by atoms with E-state index < -0.39 is 6.04 Å². The number of carbonyl (C=O) groups is 2. The summed E-state index contributed by atoms with van der Waals surface area (Å²) < 4.78 is 10.8. The minimum atomic E-state index is -0.842. The summed E-state index contributed by atoms with van der Waals surface area (Å²) in [4.78, 5) is 28.2. The van der Waals surface area contributed by atoms with E-state index in [1.807, 2.05) is 60.7 Å². The normalized spacial score (nSPS) is 11.5. The van der Waals surface area contributed by atoms with Gasteiger partial charge in [0.1, 0.15) is 11.8 Å². The fourth-order valence-corrected chi connectivity index (χ4v) is 3.56. The molecule has 0 spiro atoms. The number of rotatable bonds is 11. The van der Waals surface area contributed by atoms with Crippen LogP contribution >= 0.6 is 11.6 Å². The van der Waals surface area contributed by atoms with Crippen molar-refractivity contribution < 1.29 is 19.1 Å². The Morgan fingerprint density at radius 3 is 2.24 bits per heavy atom. The Kier molecular flexibility index (Phi) is 9.30. The highest BCUT2D eigenvalue weighted by Gasteiger charge is 2.31. The molecule has 0 unspecified atom stereocenters. The third-order valence-electron chi connectivity index (χ3n) is 4.98. The number of hydrogen-bond donors (Lipinski definition) is 1. The number of ether oxygens (including phenoxy) is 2. The van der Waals surface area contributed by atoms with Crippen molar-refractivity contribution in [3.05, 3.63) is 101 Å². The van der Waals surface area contributed by atoms with Gasteiger partial charge in [0.25, 0.3) is 5.91 Å². The van der Waals surface area contributed by atoms with Gasteiger partial charge in [0.2, 0.25) is 5.91 Å². The minimum absolute atomic E-state index is 0.239. The average molecular weight is 467 g/mol. The van der Waals surface area contributed by atoms with Crippen molar-refractivity contribution in [2.45, 2.75) is 12.6 Å². The first-order chi connectivity index (χ1) is 16.1. The molecule has 0 aliphatic heterocycles. The summed E-state index contributed by atoms with van der Waals surface area (Å²) in [6.07, 6.45) is 0. The van der Waals surface area contributed by atoms with Gasteiger partial charge in [0.15, 0.2) is 6.61 Å². The van der Waals surface area contributed by atoms with E-state index in [-0.39, 0.29) is 25.0 Å². The van der Waals surface area contributed by atoms with E-state index in [1.165, 1.54) is 4.90 Å². The summed E-state index contributed by atoms with van der Waals surface area (Å²) >= 11 is 6.17. The molecular weight excluding hydrogens is 440 g/mol. The third-order valence-corrected chi connectivity index (χ3v) is 5.30. The van der Waals surface area contributed by atoms with Crippen LogP contribution in [-0.2, 0) is 20.9 Å². The zero-order valence-corrected chi connectivity index (χ0v) is 19.2. The SMILES string of the molecule is COCCNC(=O)[C@H](c1ccccc1)N(Cc1ccccc1)C(=O)COc1ccccc1Cl. The number of nitrogens with one attached hydrogen (secondary N) is 1. The summed E-state index contributed by atoms with van der Waals surface area (Å²) in [5.41, 5.74) is 1.60. The summed E-state index contributed by atoms with van der Waals surface area (Å²) in [6.45, 7) is 0.686. The van der Waals surface area contributed by atoms with Crippen LogP contribution in [0.25, 0.3) is 0 Å². The molecule has 1 N–H and O–H groups in total. The van der Waals surface area contributed by atoms with Crippen molar-refractivity contribution >= 4 is 23.4 Å². The van der Waals surface area contributed by atoms with Gasteiger partial charge >= 0.3 is 0 Å². The van der Waals surface area contributed by atoms with Crippen molar-refractivity contribution in [2.75, 3.05) is 26.9 Å². The Bertz CT molecular complexity index is 1030. The first-order valence-electron chi connectivity index (χ1n) is 10.6. The summed E-state index contributed by atoms with van der Waals surface area (Å²) in [7, 11) is 1.57. The van der Waals surface area contributed by atoms with Crippen LogP contribution in [0.4, 0.5) is 0 Å². The van der Waals surface area contributed by atoms with E-state index in [2.05, 4.69) is 5.32 Å². The molecule has 0 bridgehead atoms. The van der Waals surface area contributed by atoms with Crippen LogP contribution in [0.1, 0.15) is 17.2 Å². The predicted molar refractivity (Wildman–Crippen MR) is 128 cm³/mol. The van der Waals surface area contributed by atoms with Crippen LogP contribution in [0.2, 0.25) is 5.02 Å². The molecular formula is C26H27ClN2O4. The molecule has 0 saturated heterocycles. The average Bonchev–Trinajstić information content (AvgIpc) is 2.84. The van der Waals surface area contributed by atoms with Gasteiger partial charge in [-0.25, -0.2) is 0 Å². The maximum Gasteiger partial charge on any atom is 0.261 e. The molecule has 3 aromatic carbocycles. The molecule has 6 nitrogen and oxygen atoms in total. The lowest BCUT2D eigenvalue weighted by molar-refractivity contribution is -0.143. The fourth-order valence-electron chi connectivity index (χ4n) is 3.37. The number of para-hydroxylation sites is 1. The van der Waals surface area contributed by atoms with Crippen LogP contribution in [0.3, 0.4) is 0 Å². The van der Waals surface area contributed by atoms with Gasteiger partial charge in [0.05, 0.1) is 11.6 Å². The highest BCUT2D eigenvalue weighted by molar-refractivity contribution is 6.32. The van der Waals surface area contributed by atoms with Crippen LogP contribution in [0.5, 0.6) is 5.75 Å². The number of nitrogens with zero attached hydrogens (tertiary/aromatic N) is 1. The summed E-state index contributed by atoms with van der Waals surface area (Å²) in [5, 5.41) is 3.28. The molecule has 7 heteroatoms. The fraction of sp³-hybridized carbons (Fsp3) is 0.231. The van der Waals surface area contributed by atoms with Crippen molar-refractivity contribution in [1.29, 1.82) is 0 Å². The van der Waals surface area contributed by atoms with E-state index in [0.29, 0.717) is 29.5 Å². The zero-order chi connectivity index (χ0) is 23.5. The molecule has 0 heterocycles. The molecule has 0 fully saturated rings. The largest absolute Gasteiger partial charge is 0.482 e. The monoisotopic (exact) mass is 466 g/mol. The Labute approximate surface area is 199 Å². The number of hydrogen-bond acceptors (Lipinski definition) is 4. The van der Waals surface area contributed by atoms with Crippen LogP contribution in [0.15, 0.2) is 84.9 Å². The van der Waals surface area contributed by atoms with Gasteiger partial charge in [-0.3, -0.25) is 9.59 Å². The number of amides is 2. The molecule has 0 aromatic heterocycles. The van der Waals surface area contributed by atoms with Crippen molar-refractivity contribution in [3.63, 3.8) is 0 Å². The molecule has 0 aliphatic rings. The Morgan fingerprint density at radius 1 is 0.939 bits per heavy atom. The Balaban J connectivity index is 1.90. The van der Waals surface area contributed by atoms with Gasteiger partial charge in [0, 0.05) is 20.2 Å². The van der Waals surface area contributed by atoms with E-state index in [1.54, 1.807) is 31.4 Å². The molecule has 2 amide bonds. The number of benzene rings is 3. The number of carbonyl (C=O) groups excluding carboxylic acids is 2. The van der Waals surface area contributed by atoms with Gasteiger partial charge in [-0.1, -0.05) is 84.4 Å². The minimum Gasteiger partial charge on any atom is -0.482 e. The van der Waals surface area contributed by atoms with Crippen molar-refractivity contribution in [2.24, 2.45) is 0 Å². The highest BCUT2D eigenvalue weighted by atomic mass is 35.5. The number of methoxy groups -OCH3 is 1. The molecule has 0 radical (unpaired) electrons. The van der Waals surface area contributed by atoms with E-state index in [0.717, 1.165) is 5.56 Å². The highest BCUT2D eigenvalue weighted by Crippen LogP contribution is 2.26. The maximum absolute atomic E-state index is 13.4. The van der Waals surface area contributed by atoms with Crippen LogP contribution < -0.4 is 10.1 Å². The quantitative estimate of drug-likeness (QED) is 0.429. The zero-order valence-electron chi connectivity index (χ0n) is 18.4. The molecule has 0 saturated carbocycles. The van der Waals surface area contributed by atoms with Gasteiger partial charge < -0.3 is 19.7 Å². The lowest BCUT2D eigenvalue weighted by Gasteiger charge is -2.31. The molecule has 0 aliphatic carbocycles. The van der Waals surface area contributed by atoms with Crippen molar-refractivity contribution in [1.82, 2.24) is 10.2 Å². The van der Waals surface area contributed by atoms with E-state index >= 15 is 0 Å². The molecule has 3 aromatic rings. The summed E-state index contributed by atoms with van der Waals surface area (Å²) in [6, 6.07) is 24.9. The Morgan fingerprint density at radius 2 is 1.58 bits per heavy atom. The second kappa shape index (κ2) is 12.6. The third kappa shape index (κ3) is 7.07. The second-order valence-electron chi connectivity index (χ2n) is 7.32. The molecule has 33 heavy (non-hydrogen) atoms. The second-order valence-corrected chi connectivity index (χ2v) is 7.73. The predicted octanol–water partition coefficient (Wildman–Crippen LogP) is 4.25. The smallest absolute Gasteiger partial charge is 0.261 e. The summed E-state index contributed by atoms with van der Waals surface area (Å²) in [5.74, 6) is -0.220. The standard InChI is InChI=1S/C26H27ClN2O4/c1-32-17-16-28-26(31)25(21-12-6-3-7-13-21)29(18-20-10-4-2-5-11-20)24(30)19-33-23-15-9-8-14-22(23)27/h2-15,25H,16-19H2,1H3,(H,28,31)/t25-/m0/s1. The molecule has 1 atom stereocenters. The first-order valence-corrected chi connectivity index (χ1v) is 11.0. The lowest BCUT2D eigenvalue weighted by Crippen LogP contribution is -2.45. The molecule has 172 valence electrons. The lowest BCUT2D eigenvalue weighted by atomic mass is 10.0. The van der Waals surface area contributed by atoms with Crippen LogP contribution in [0, 0.1) is 0 Å². The van der Waals surface area contributed by atoms with E-state index in [9.17, 15) is 9.59 Å². The van der Waals surface area contributed by atoms with Crippen molar-refractivity contribution in [3.8, 4) is 5.75 Å². The first kappa shape index (κ1) is 24.3. The van der Waals surface area contributed by atoms with Gasteiger partial charge in [-0.2, -0.15) is 0 Å². The van der Waals surface area contributed by atoms with E-state index in [4.69, 9.17) is 21.1 Å². The number of halogens is 1. The van der Waals surface area contributed by atoms with Crippen LogP contribution in [-0.4, -0.2) is 43.6 Å².